The number of nitrogens with one attached hydrogen (secondary N) is 2. The van der Waals surface area contributed by atoms with Crippen molar-refractivity contribution in [3.8, 4) is 11.6 Å². The van der Waals surface area contributed by atoms with Crippen molar-refractivity contribution in [2.75, 3.05) is 6.54 Å². The van der Waals surface area contributed by atoms with Crippen LogP contribution in [-0.4, -0.2) is 31.8 Å². The Kier molecular flexibility index (Phi) is 4.04. The fraction of sp³-hybridized carbons (Fsp3) is 0.294. The average Bonchev–Trinajstić information content (AvgIpc) is 3.21. The number of aromatic nitrogens is 4. The molecule has 9 nitrogen and oxygen atoms in total. The fourth-order valence-electron chi connectivity index (χ4n) is 2.73. The summed E-state index contributed by atoms with van der Waals surface area (Å²) in [5, 5.41) is 7.08. The molecule has 1 saturated carbocycles. The Morgan fingerprint density at radius 3 is 2.81 bits per heavy atom. The zero-order valence-corrected chi connectivity index (χ0v) is 13.8. The average molecular weight is 355 g/mol. The Labute approximate surface area is 147 Å². The van der Waals surface area contributed by atoms with Crippen LogP contribution in [0.4, 0.5) is 0 Å². The highest BCUT2D eigenvalue weighted by atomic mass is 16.3. The Balaban J connectivity index is 1.48. The highest BCUT2D eigenvalue weighted by molar-refractivity contribution is 5.93. The second-order valence-electron chi connectivity index (χ2n) is 6.11. The quantitative estimate of drug-likeness (QED) is 0.677. The van der Waals surface area contributed by atoms with E-state index >= 15 is 0 Å². The molecule has 26 heavy (non-hydrogen) atoms. The number of nitrogens with zero attached hydrogens (tertiary/aromatic N) is 3. The number of pyridine rings is 1. The fourth-order valence-corrected chi connectivity index (χ4v) is 2.73. The molecule has 0 aromatic carbocycles. The number of carbonyl (C=O) groups excluding carboxylic acids is 1. The van der Waals surface area contributed by atoms with E-state index in [0.29, 0.717) is 17.1 Å². The first-order valence-corrected chi connectivity index (χ1v) is 8.33. The number of hydrogen-bond donors (Lipinski definition) is 2. The summed E-state index contributed by atoms with van der Waals surface area (Å²) in [6, 6.07) is 6.40. The molecule has 9 heteroatoms. The predicted molar refractivity (Wildman–Crippen MR) is 91.9 cm³/mol. The van der Waals surface area contributed by atoms with E-state index in [1.54, 1.807) is 23.0 Å². The van der Waals surface area contributed by atoms with Crippen molar-refractivity contribution in [1.82, 2.24) is 24.6 Å². The van der Waals surface area contributed by atoms with Crippen LogP contribution in [0.15, 0.2) is 50.7 Å². The van der Waals surface area contributed by atoms with Crippen LogP contribution in [-0.2, 0) is 6.54 Å². The predicted octanol–water partition coefficient (Wildman–Crippen LogP) is 0.758. The van der Waals surface area contributed by atoms with E-state index in [9.17, 15) is 14.4 Å². The number of hydrogen-bond acceptors (Lipinski definition) is 5. The molecule has 4 rings (SSSR count). The van der Waals surface area contributed by atoms with Crippen molar-refractivity contribution >= 4 is 5.91 Å². The lowest BCUT2D eigenvalue weighted by Crippen LogP contribution is -2.32. The second-order valence-corrected chi connectivity index (χ2v) is 6.11. The first-order chi connectivity index (χ1) is 12.6. The van der Waals surface area contributed by atoms with Gasteiger partial charge in [-0.05, 0) is 31.0 Å². The van der Waals surface area contributed by atoms with Gasteiger partial charge in [0.1, 0.15) is 0 Å². The van der Waals surface area contributed by atoms with Crippen LogP contribution in [0.25, 0.3) is 11.6 Å². The number of aromatic amines is 1. The van der Waals surface area contributed by atoms with Crippen LogP contribution in [0.3, 0.4) is 0 Å². The minimum atomic E-state index is -0.331. The third-order valence-corrected chi connectivity index (χ3v) is 4.18. The molecule has 0 radical (unpaired) electrons. The summed E-state index contributed by atoms with van der Waals surface area (Å²) in [5.74, 6) is 0.724. The normalized spacial score (nSPS) is 13.7. The van der Waals surface area contributed by atoms with Crippen molar-refractivity contribution < 1.29 is 9.21 Å². The van der Waals surface area contributed by atoms with Gasteiger partial charge < -0.3 is 14.7 Å². The molecule has 3 aromatic heterocycles. The number of furan rings is 1. The van der Waals surface area contributed by atoms with Gasteiger partial charge in [-0.25, -0.2) is 9.48 Å². The molecule has 1 aliphatic rings. The molecule has 134 valence electrons. The molecule has 2 N–H and O–H groups in total. The second kappa shape index (κ2) is 6.51. The van der Waals surface area contributed by atoms with Crippen LogP contribution in [0, 0.1) is 0 Å². The molecular weight excluding hydrogens is 338 g/mol. The lowest BCUT2D eigenvalue weighted by atomic mass is 10.3. The Morgan fingerprint density at radius 2 is 2.15 bits per heavy atom. The molecule has 3 heterocycles. The molecular formula is C17H17N5O4. The Hall–Kier alpha value is -3.36. The van der Waals surface area contributed by atoms with E-state index in [2.05, 4.69) is 15.4 Å². The van der Waals surface area contributed by atoms with Crippen molar-refractivity contribution in [3.63, 3.8) is 0 Å². The highest BCUT2D eigenvalue weighted by Gasteiger charge is 2.31. The molecule has 0 atom stereocenters. The van der Waals surface area contributed by atoms with E-state index < -0.39 is 0 Å². The first-order valence-electron chi connectivity index (χ1n) is 8.33. The molecule has 1 aliphatic carbocycles. The highest BCUT2D eigenvalue weighted by Crippen LogP contribution is 2.36. The van der Waals surface area contributed by atoms with Crippen LogP contribution >= 0.6 is 0 Å². The maximum atomic E-state index is 12.6. The standard InChI is InChI=1S/C17H17N5O4/c23-14-6-3-11(10-19-14)16(24)18-7-8-21-17(25)22(12-4-5-12)15(20-21)13-2-1-9-26-13/h1-3,6,9-10,12H,4-5,7-8H2,(H,18,24)(H,19,23). The monoisotopic (exact) mass is 355 g/mol. The number of rotatable bonds is 6. The molecule has 0 unspecified atom stereocenters. The van der Waals surface area contributed by atoms with Gasteiger partial charge in [-0.1, -0.05) is 0 Å². The van der Waals surface area contributed by atoms with Gasteiger partial charge in [0.2, 0.25) is 11.4 Å². The zero-order chi connectivity index (χ0) is 18.1. The summed E-state index contributed by atoms with van der Waals surface area (Å²) in [6.45, 7) is 0.471. The van der Waals surface area contributed by atoms with Crippen molar-refractivity contribution in [2.24, 2.45) is 0 Å². The topological polar surface area (TPSA) is 115 Å². The minimum Gasteiger partial charge on any atom is -0.461 e. The first kappa shape index (κ1) is 16.1. The molecule has 0 saturated heterocycles. The Morgan fingerprint density at radius 1 is 1.31 bits per heavy atom. The number of amides is 1. The van der Waals surface area contributed by atoms with Crippen molar-refractivity contribution in [3.05, 3.63) is 63.1 Å². The molecule has 1 fully saturated rings. The van der Waals surface area contributed by atoms with E-state index in [1.807, 2.05) is 0 Å². The van der Waals surface area contributed by atoms with Gasteiger partial charge in [0.05, 0.1) is 18.4 Å². The van der Waals surface area contributed by atoms with Crippen LogP contribution in [0.1, 0.15) is 29.2 Å². The third kappa shape index (κ3) is 3.10. The van der Waals surface area contributed by atoms with Gasteiger partial charge in [0.15, 0.2) is 5.76 Å². The summed E-state index contributed by atoms with van der Waals surface area (Å²) in [6.07, 6.45) is 4.78. The zero-order valence-electron chi connectivity index (χ0n) is 13.8. The lowest BCUT2D eigenvalue weighted by Gasteiger charge is -2.04. The summed E-state index contributed by atoms with van der Waals surface area (Å²) in [5.41, 5.74) is -0.141. The van der Waals surface area contributed by atoms with Crippen molar-refractivity contribution in [1.29, 1.82) is 0 Å². The van der Waals surface area contributed by atoms with Crippen molar-refractivity contribution in [2.45, 2.75) is 25.4 Å². The molecule has 0 spiro atoms. The maximum Gasteiger partial charge on any atom is 0.346 e. The van der Waals surface area contributed by atoms with Gasteiger partial charge in [-0.15, -0.1) is 5.10 Å². The summed E-state index contributed by atoms with van der Waals surface area (Å²) >= 11 is 0. The smallest absolute Gasteiger partial charge is 0.346 e. The SMILES string of the molecule is O=C(NCCn1nc(-c2ccco2)n(C2CC2)c1=O)c1ccc(=O)[nH]c1. The van der Waals surface area contributed by atoms with Gasteiger partial charge in [-0.2, -0.15) is 0 Å². The van der Waals surface area contributed by atoms with Crippen LogP contribution in [0.5, 0.6) is 0 Å². The molecule has 1 amide bonds. The number of carbonyl (C=O) groups is 1. The van der Waals surface area contributed by atoms with Crippen LogP contribution < -0.4 is 16.6 Å². The van der Waals surface area contributed by atoms with E-state index in [0.717, 1.165) is 12.8 Å². The lowest BCUT2D eigenvalue weighted by molar-refractivity contribution is 0.0951. The maximum absolute atomic E-state index is 12.6. The number of H-pyrrole nitrogens is 1. The Bertz CT molecular complexity index is 1020. The summed E-state index contributed by atoms with van der Waals surface area (Å²) in [7, 11) is 0. The largest absolute Gasteiger partial charge is 0.461 e. The van der Waals surface area contributed by atoms with Gasteiger partial charge >= 0.3 is 5.69 Å². The summed E-state index contributed by atoms with van der Waals surface area (Å²) < 4.78 is 8.37. The van der Waals surface area contributed by atoms with E-state index in [4.69, 9.17) is 4.42 Å². The van der Waals surface area contributed by atoms with Gasteiger partial charge in [-0.3, -0.25) is 14.2 Å². The summed E-state index contributed by atoms with van der Waals surface area (Å²) in [4.78, 5) is 38.1. The van der Waals surface area contributed by atoms with Gasteiger partial charge in [0.25, 0.3) is 5.91 Å². The van der Waals surface area contributed by atoms with E-state index in [-0.39, 0.29) is 36.3 Å². The molecule has 3 aromatic rings. The molecule has 0 aliphatic heterocycles. The molecule has 0 bridgehead atoms. The van der Waals surface area contributed by atoms with Gasteiger partial charge in [0, 0.05) is 24.8 Å². The minimum absolute atomic E-state index is 0.159. The third-order valence-electron chi connectivity index (χ3n) is 4.18. The van der Waals surface area contributed by atoms with Crippen LogP contribution in [0.2, 0.25) is 0 Å². The van der Waals surface area contributed by atoms with E-state index in [1.165, 1.54) is 23.0 Å².